The molecule has 160 valence electrons. The fourth-order valence-corrected chi connectivity index (χ4v) is 2.76. The Kier molecular flexibility index (Phi) is 20.3. The van der Waals surface area contributed by atoms with Crippen molar-refractivity contribution in [3.05, 3.63) is 0 Å². The molecule has 0 heterocycles. The van der Waals surface area contributed by atoms with E-state index in [9.17, 15) is 9.59 Å². The molecule has 0 fully saturated rings. The van der Waals surface area contributed by atoms with Crippen LogP contribution in [0, 0.1) is 0 Å². The van der Waals surface area contributed by atoms with Crippen molar-refractivity contribution >= 4 is 11.9 Å². The Balaban J connectivity index is 3.24. The Morgan fingerprint density at radius 1 is 0.519 bits per heavy atom. The van der Waals surface area contributed by atoms with Crippen LogP contribution in [-0.2, 0) is 23.8 Å². The third-order valence-corrected chi connectivity index (χ3v) is 4.46. The molecule has 0 aliphatic rings. The summed E-state index contributed by atoms with van der Waals surface area (Å²) in [5.41, 5.74) is 0. The van der Waals surface area contributed by atoms with E-state index in [-0.39, 0.29) is 13.2 Å². The molecule has 0 radical (unpaired) electrons. The summed E-state index contributed by atoms with van der Waals surface area (Å²) in [6, 6.07) is 0. The van der Waals surface area contributed by atoms with Crippen LogP contribution in [0.15, 0.2) is 0 Å². The molecule has 27 heavy (non-hydrogen) atoms. The average molecular weight is 387 g/mol. The first-order valence-corrected chi connectivity index (χ1v) is 11.1. The van der Waals surface area contributed by atoms with Gasteiger partial charge in [0.25, 0.3) is 0 Å². The van der Waals surface area contributed by atoms with Crippen molar-refractivity contribution in [2.45, 2.75) is 104 Å². The normalized spacial score (nSPS) is 10.7. The highest BCUT2D eigenvalue weighted by Gasteiger charge is 2.07. The summed E-state index contributed by atoms with van der Waals surface area (Å²) in [6.45, 7) is 4.72. The summed E-state index contributed by atoms with van der Waals surface area (Å²) >= 11 is 0. The number of esters is 2. The van der Waals surface area contributed by atoms with Gasteiger partial charge in [-0.25, -0.2) is 9.59 Å². The maximum atomic E-state index is 11.5. The van der Waals surface area contributed by atoms with Crippen LogP contribution in [0.25, 0.3) is 0 Å². The van der Waals surface area contributed by atoms with Crippen molar-refractivity contribution in [2.24, 2.45) is 0 Å². The van der Waals surface area contributed by atoms with Crippen LogP contribution in [0.2, 0.25) is 0 Å². The summed E-state index contributed by atoms with van der Waals surface area (Å²) in [5, 5.41) is 0. The Bertz CT molecular complexity index is 344. The van der Waals surface area contributed by atoms with Gasteiger partial charge in [-0.1, -0.05) is 90.9 Å². The molecule has 0 aliphatic heterocycles. The fourth-order valence-electron chi connectivity index (χ4n) is 2.76. The zero-order chi connectivity index (χ0) is 20.0. The number of hydrogen-bond acceptors (Lipinski definition) is 5. The Morgan fingerprint density at radius 3 is 1.33 bits per heavy atom. The lowest BCUT2D eigenvalue weighted by molar-refractivity contribution is -0.155. The third kappa shape index (κ3) is 21.1. The lowest BCUT2D eigenvalue weighted by atomic mass is 10.1. The van der Waals surface area contributed by atoms with Gasteiger partial charge in [0.1, 0.15) is 13.2 Å². The van der Waals surface area contributed by atoms with E-state index < -0.39 is 11.9 Å². The van der Waals surface area contributed by atoms with E-state index in [1.807, 2.05) is 6.92 Å². The minimum atomic E-state index is -0.433. The quantitative estimate of drug-likeness (QED) is 0.202. The standard InChI is InChI=1S/C22H42O5/c1-3-5-7-8-9-10-11-12-13-14-15-16-18-27-22(24)20-25-19-21(23)26-17-6-4-2/h3-20H2,1-2H3. The van der Waals surface area contributed by atoms with Crippen molar-refractivity contribution in [3.8, 4) is 0 Å². The van der Waals surface area contributed by atoms with Crippen LogP contribution in [0.3, 0.4) is 0 Å². The van der Waals surface area contributed by atoms with E-state index in [2.05, 4.69) is 6.92 Å². The highest BCUT2D eigenvalue weighted by Crippen LogP contribution is 2.11. The molecule has 0 bridgehead atoms. The predicted octanol–water partition coefficient (Wildman–Crippen LogP) is 5.59. The van der Waals surface area contributed by atoms with Gasteiger partial charge >= 0.3 is 11.9 Å². The van der Waals surface area contributed by atoms with Crippen molar-refractivity contribution in [1.82, 2.24) is 0 Å². The molecule has 0 aromatic carbocycles. The van der Waals surface area contributed by atoms with Crippen LogP contribution in [0.1, 0.15) is 104 Å². The molecule has 5 nitrogen and oxygen atoms in total. The van der Waals surface area contributed by atoms with Gasteiger partial charge in [0.05, 0.1) is 13.2 Å². The van der Waals surface area contributed by atoms with Crippen LogP contribution in [0.5, 0.6) is 0 Å². The van der Waals surface area contributed by atoms with Gasteiger partial charge in [-0.15, -0.1) is 0 Å². The summed E-state index contributed by atoms with van der Waals surface area (Å²) in [4.78, 5) is 22.8. The average Bonchev–Trinajstić information content (AvgIpc) is 2.65. The summed E-state index contributed by atoms with van der Waals surface area (Å²) < 4.78 is 15.0. The zero-order valence-electron chi connectivity index (χ0n) is 17.8. The van der Waals surface area contributed by atoms with Crippen molar-refractivity contribution in [3.63, 3.8) is 0 Å². The molecule has 0 aliphatic carbocycles. The minimum Gasteiger partial charge on any atom is -0.464 e. The van der Waals surface area contributed by atoms with E-state index in [0.29, 0.717) is 13.2 Å². The largest absolute Gasteiger partial charge is 0.464 e. The highest BCUT2D eigenvalue weighted by molar-refractivity contribution is 5.73. The molecule has 0 amide bonds. The lowest BCUT2D eigenvalue weighted by Crippen LogP contribution is -2.19. The minimum absolute atomic E-state index is 0.193. The Labute approximate surface area is 166 Å². The molecule has 0 aromatic heterocycles. The third-order valence-electron chi connectivity index (χ3n) is 4.46. The van der Waals surface area contributed by atoms with Crippen LogP contribution in [-0.4, -0.2) is 38.4 Å². The van der Waals surface area contributed by atoms with Gasteiger partial charge in [0, 0.05) is 0 Å². The number of carbonyl (C=O) groups is 2. The van der Waals surface area contributed by atoms with E-state index in [1.54, 1.807) is 0 Å². The molecule has 0 unspecified atom stereocenters. The lowest BCUT2D eigenvalue weighted by Gasteiger charge is -2.06. The molecule has 0 atom stereocenters. The summed E-state index contributed by atoms with van der Waals surface area (Å²) in [5.74, 6) is -0.850. The zero-order valence-corrected chi connectivity index (χ0v) is 17.8. The molecule has 0 saturated heterocycles. The molecular formula is C22H42O5. The SMILES string of the molecule is CCCCCCCCCCCCCCOC(=O)COCC(=O)OCCCC. The number of carbonyl (C=O) groups excluding carboxylic acids is 2. The second-order valence-corrected chi connectivity index (χ2v) is 7.18. The molecule has 5 heteroatoms. The highest BCUT2D eigenvalue weighted by atomic mass is 16.6. The van der Waals surface area contributed by atoms with E-state index in [4.69, 9.17) is 14.2 Å². The topological polar surface area (TPSA) is 61.8 Å². The Morgan fingerprint density at radius 2 is 0.889 bits per heavy atom. The van der Waals surface area contributed by atoms with Crippen molar-refractivity contribution in [1.29, 1.82) is 0 Å². The van der Waals surface area contributed by atoms with Crippen molar-refractivity contribution < 1.29 is 23.8 Å². The maximum Gasteiger partial charge on any atom is 0.332 e. The maximum absolute atomic E-state index is 11.5. The second-order valence-electron chi connectivity index (χ2n) is 7.18. The number of rotatable bonds is 20. The van der Waals surface area contributed by atoms with Crippen LogP contribution < -0.4 is 0 Å². The molecule has 0 spiro atoms. The first-order chi connectivity index (χ1) is 13.2. The van der Waals surface area contributed by atoms with E-state index in [0.717, 1.165) is 25.7 Å². The monoisotopic (exact) mass is 386 g/mol. The van der Waals surface area contributed by atoms with Gasteiger partial charge in [-0.3, -0.25) is 0 Å². The van der Waals surface area contributed by atoms with Gasteiger partial charge in [0.15, 0.2) is 0 Å². The molecule has 0 N–H and O–H groups in total. The fraction of sp³-hybridized carbons (Fsp3) is 0.909. The Hall–Kier alpha value is -1.10. The summed E-state index contributed by atoms with van der Waals surface area (Å²) in [6.07, 6.45) is 17.2. The van der Waals surface area contributed by atoms with E-state index in [1.165, 1.54) is 64.2 Å². The van der Waals surface area contributed by atoms with Crippen molar-refractivity contribution in [2.75, 3.05) is 26.4 Å². The number of unbranched alkanes of at least 4 members (excludes halogenated alkanes) is 12. The van der Waals surface area contributed by atoms with Gasteiger partial charge < -0.3 is 14.2 Å². The molecular weight excluding hydrogens is 344 g/mol. The number of ether oxygens (including phenoxy) is 3. The smallest absolute Gasteiger partial charge is 0.332 e. The first-order valence-electron chi connectivity index (χ1n) is 11.1. The van der Waals surface area contributed by atoms with Crippen LogP contribution in [0.4, 0.5) is 0 Å². The first kappa shape index (κ1) is 25.9. The summed E-state index contributed by atoms with van der Waals surface area (Å²) in [7, 11) is 0. The van der Waals surface area contributed by atoms with Gasteiger partial charge in [-0.05, 0) is 12.8 Å². The van der Waals surface area contributed by atoms with Gasteiger partial charge in [0.2, 0.25) is 0 Å². The van der Waals surface area contributed by atoms with Gasteiger partial charge in [-0.2, -0.15) is 0 Å². The molecule has 0 rings (SSSR count). The molecule has 0 saturated carbocycles. The number of hydrogen-bond donors (Lipinski definition) is 0. The predicted molar refractivity (Wildman–Crippen MR) is 109 cm³/mol. The van der Waals surface area contributed by atoms with Crippen LogP contribution >= 0.6 is 0 Å². The molecule has 0 aromatic rings. The van der Waals surface area contributed by atoms with E-state index >= 15 is 0 Å². The second kappa shape index (κ2) is 21.2.